The molecule has 1 atom stereocenters. The van der Waals surface area contributed by atoms with Crippen molar-refractivity contribution in [3.05, 3.63) is 101 Å². The maximum absolute atomic E-state index is 14.0. The highest BCUT2D eigenvalue weighted by Crippen LogP contribution is 2.36. The number of nitrogens with one attached hydrogen (secondary N) is 1. The van der Waals surface area contributed by atoms with Gasteiger partial charge in [-0.3, -0.25) is 19.2 Å². The molecular formula is C29H27ClN4O3. The summed E-state index contributed by atoms with van der Waals surface area (Å²) in [6.45, 7) is 4.08. The summed E-state index contributed by atoms with van der Waals surface area (Å²) in [5.41, 5.74) is 2.99. The van der Waals surface area contributed by atoms with Crippen molar-refractivity contribution in [2.75, 3.05) is 12.0 Å². The van der Waals surface area contributed by atoms with Gasteiger partial charge in [0, 0.05) is 28.4 Å². The van der Waals surface area contributed by atoms with Gasteiger partial charge in [0.1, 0.15) is 17.0 Å². The Morgan fingerprint density at radius 1 is 1.08 bits per heavy atom. The number of rotatable bonds is 6. The largest absolute Gasteiger partial charge is 0.496 e. The van der Waals surface area contributed by atoms with Crippen molar-refractivity contribution >= 4 is 29.1 Å². The molecule has 0 saturated heterocycles. The number of halogens is 1. The summed E-state index contributed by atoms with van der Waals surface area (Å²) in [4.78, 5) is 29.5. The predicted molar refractivity (Wildman–Crippen MR) is 144 cm³/mol. The molecule has 0 saturated carbocycles. The van der Waals surface area contributed by atoms with E-state index >= 15 is 0 Å². The van der Waals surface area contributed by atoms with Gasteiger partial charge in [-0.05, 0) is 49.7 Å². The third kappa shape index (κ3) is 4.47. The van der Waals surface area contributed by atoms with Gasteiger partial charge in [-0.1, -0.05) is 60.1 Å². The zero-order valence-corrected chi connectivity index (χ0v) is 21.6. The number of carbonyl (C=O) groups excluding carboxylic acids is 2. The molecule has 3 aromatic carbocycles. The van der Waals surface area contributed by atoms with E-state index in [0.717, 1.165) is 16.7 Å². The van der Waals surface area contributed by atoms with Gasteiger partial charge < -0.3 is 10.1 Å². The first-order valence-electron chi connectivity index (χ1n) is 12.0. The molecular weight excluding hydrogens is 488 g/mol. The second-order valence-electron chi connectivity index (χ2n) is 9.28. The van der Waals surface area contributed by atoms with Crippen LogP contribution in [0.25, 0.3) is 11.3 Å². The Morgan fingerprint density at radius 3 is 2.54 bits per heavy atom. The van der Waals surface area contributed by atoms with Crippen LogP contribution in [0.5, 0.6) is 5.75 Å². The lowest BCUT2D eigenvalue weighted by Gasteiger charge is -2.43. The third-order valence-electron chi connectivity index (χ3n) is 6.74. The number of aryl methyl sites for hydroxylation is 1. The summed E-state index contributed by atoms with van der Waals surface area (Å²) in [6.07, 6.45) is 0. The van der Waals surface area contributed by atoms with Crippen molar-refractivity contribution in [1.29, 1.82) is 0 Å². The van der Waals surface area contributed by atoms with Crippen LogP contribution in [0.3, 0.4) is 0 Å². The van der Waals surface area contributed by atoms with E-state index < -0.39 is 5.54 Å². The summed E-state index contributed by atoms with van der Waals surface area (Å²) in [7, 11) is 1.59. The fraction of sp³-hybridized carbons (Fsp3) is 0.207. The highest BCUT2D eigenvalue weighted by molar-refractivity contribution is 6.30. The normalized spacial score (nSPS) is 16.9. The zero-order valence-electron chi connectivity index (χ0n) is 20.9. The molecule has 1 aromatic heterocycles. The van der Waals surface area contributed by atoms with Gasteiger partial charge in [-0.2, -0.15) is 5.10 Å². The maximum Gasteiger partial charge on any atom is 0.277 e. The summed E-state index contributed by atoms with van der Waals surface area (Å²) >= 11 is 6.22. The molecule has 2 amide bonds. The van der Waals surface area contributed by atoms with Crippen LogP contribution in [-0.4, -0.2) is 34.2 Å². The molecule has 0 unspecified atom stereocenters. The molecule has 0 bridgehead atoms. The Labute approximate surface area is 220 Å². The van der Waals surface area contributed by atoms with Gasteiger partial charge in [0.25, 0.3) is 5.91 Å². The van der Waals surface area contributed by atoms with E-state index in [9.17, 15) is 9.59 Å². The summed E-state index contributed by atoms with van der Waals surface area (Å²) in [5, 5.41) is 8.29. The number of carbonyl (C=O) groups is 2. The first-order chi connectivity index (χ1) is 17.8. The number of fused-ring (bicyclic) bond motifs is 1. The minimum absolute atomic E-state index is 0.181. The van der Waals surface area contributed by atoms with Gasteiger partial charge in [-0.15, -0.1) is 0 Å². The molecule has 188 valence electrons. The summed E-state index contributed by atoms with van der Waals surface area (Å²) < 4.78 is 7.07. The standard InChI is InChI=1S/C29H27ClN4O3/c1-19-15-22(30)13-14-24(19)34-27(35)25-16-23(20-9-5-4-6-10-20)32-33(25)18-29(34,2)28(36)31-17-21-11-7-8-12-26(21)37-3/h4-16H,17-18H2,1-3H3,(H,31,36)/t29-/m1/s1. The number of aromatic nitrogens is 2. The lowest BCUT2D eigenvalue weighted by atomic mass is 9.93. The Kier molecular flexibility index (Phi) is 6.48. The van der Waals surface area contributed by atoms with Gasteiger partial charge in [-0.25, -0.2) is 0 Å². The molecule has 8 heteroatoms. The molecule has 1 aliphatic rings. The van der Waals surface area contributed by atoms with Crippen LogP contribution in [0.15, 0.2) is 78.9 Å². The quantitative estimate of drug-likeness (QED) is 0.381. The van der Waals surface area contributed by atoms with E-state index in [1.165, 1.54) is 0 Å². The molecule has 5 rings (SSSR count). The SMILES string of the molecule is COc1ccccc1CNC(=O)[C@@]1(C)Cn2nc(-c3ccccc3)cc2C(=O)N1c1ccc(Cl)cc1C. The topological polar surface area (TPSA) is 76.5 Å². The number of para-hydroxylation sites is 1. The zero-order chi connectivity index (χ0) is 26.2. The van der Waals surface area contributed by atoms with E-state index in [2.05, 4.69) is 5.32 Å². The number of amides is 2. The molecule has 0 aliphatic carbocycles. The first kappa shape index (κ1) is 24.6. The minimum Gasteiger partial charge on any atom is -0.496 e. The van der Waals surface area contributed by atoms with E-state index in [4.69, 9.17) is 21.4 Å². The average Bonchev–Trinajstić information content (AvgIpc) is 3.33. The number of hydrogen-bond donors (Lipinski definition) is 1. The van der Waals surface area contributed by atoms with Crippen molar-refractivity contribution in [2.45, 2.75) is 32.5 Å². The fourth-order valence-corrected chi connectivity index (χ4v) is 5.02. The van der Waals surface area contributed by atoms with Crippen LogP contribution in [0.2, 0.25) is 5.02 Å². The Hall–Kier alpha value is -4.10. The number of benzene rings is 3. The second-order valence-corrected chi connectivity index (χ2v) is 9.71. The lowest BCUT2D eigenvalue weighted by molar-refractivity contribution is -0.126. The highest BCUT2D eigenvalue weighted by Gasteiger charge is 2.49. The molecule has 1 aliphatic heterocycles. The average molecular weight is 515 g/mol. The predicted octanol–water partition coefficient (Wildman–Crippen LogP) is 5.26. The number of methoxy groups -OCH3 is 1. The van der Waals surface area contributed by atoms with Crippen LogP contribution in [0, 0.1) is 6.92 Å². The number of ether oxygens (including phenoxy) is 1. The molecule has 2 heterocycles. The molecule has 0 spiro atoms. The van der Waals surface area contributed by atoms with Crippen LogP contribution >= 0.6 is 11.6 Å². The number of hydrogen-bond acceptors (Lipinski definition) is 4. The molecule has 1 N–H and O–H groups in total. The lowest BCUT2D eigenvalue weighted by Crippen LogP contribution is -2.64. The van der Waals surface area contributed by atoms with Crippen LogP contribution in [-0.2, 0) is 17.9 Å². The molecule has 0 fully saturated rings. The van der Waals surface area contributed by atoms with Crippen molar-refractivity contribution in [2.24, 2.45) is 0 Å². The Morgan fingerprint density at radius 2 is 1.81 bits per heavy atom. The van der Waals surface area contributed by atoms with E-state index in [1.54, 1.807) is 47.9 Å². The number of nitrogens with zero attached hydrogens (tertiary/aromatic N) is 3. The fourth-order valence-electron chi connectivity index (χ4n) is 4.79. The molecule has 4 aromatic rings. The number of anilines is 1. The van der Waals surface area contributed by atoms with Crippen LogP contribution in [0.1, 0.15) is 28.5 Å². The van der Waals surface area contributed by atoms with Gasteiger partial charge in [0.15, 0.2) is 0 Å². The smallest absolute Gasteiger partial charge is 0.277 e. The van der Waals surface area contributed by atoms with E-state index in [0.29, 0.717) is 27.8 Å². The van der Waals surface area contributed by atoms with Crippen LogP contribution < -0.4 is 15.0 Å². The molecule has 0 radical (unpaired) electrons. The first-order valence-corrected chi connectivity index (χ1v) is 12.3. The van der Waals surface area contributed by atoms with E-state index in [1.807, 2.05) is 61.5 Å². The van der Waals surface area contributed by atoms with Crippen LogP contribution in [0.4, 0.5) is 5.69 Å². The highest BCUT2D eigenvalue weighted by atomic mass is 35.5. The van der Waals surface area contributed by atoms with Crippen molar-refractivity contribution < 1.29 is 14.3 Å². The van der Waals surface area contributed by atoms with Crippen molar-refractivity contribution in [1.82, 2.24) is 15.1 Å². The third-order valence-corrected chi connectivity index (χ3v) is 6.98. The van der Waals surface area contributed by atoms with E-state index in [-0.39, 0.29) is 24.9 Å². The van der Waals surface area contributed by atoms with Gasteiger partial charge in [0.05, 0.1) is 19.3 Å². The summed E-state index contributed by atoms with van der Waals surface area (Å²) in [6, 6.07) is 24.3. The van der Waals surface area contributed by atoms with Crippen molar-refractivity contribution in [3.8, 4) is 17.0 Å². The van der Waals surface area contributed by atoms with Crippen molar-refractivity contribution in [3.63, 3.8) is 0 Å². The second kappa shape index (κ2) is 9.75. The monoisotopic (exact) mass is 514 g/mol. The molecule has 7 nitrogen and oxygen atoms in total. The summed E-state index contributed by atoms with van der Waals surface area (Å²) in [5.74, 6) is 0.0738. The van der Waals surface area contributed by atoms with Gasteiger partial charge >= 0.3 is 0 Å². The molecule has 37 heavy (non-hydrogen) atoms. The Bertz CT molecular complexity index is 1480. The van der Waals surface area contributed by atoms with Gasteiger partial charge in [0.2, 0.25) is 5.91 Å². The maximum atomic E-state index is 14.0. The minimum atomic E-state index is -1.26. The Balaban J connectivity index is 1.56.